The standard InChI is InChI=1S/C6H11.C3H4O2.Ca/c1-2-4-6-5-3-1;1-2-3(4)5;/h1H,2-6H2;2H,1H2,(H,4,5);/q;;+1/p-1. The van der Waals surface area contributed by atoms with Crippen molar-refractivity contribution in [3.05, 3.63) is 12.7 Å². The molecular formula is C9H14CaO2. The van der Waals surface area contributed by atoms with E-state index in [1.165, 1.54) is 19.3 Å². The number of carbonyl (C=O) groups is 1. The molecule has 0 spiro atoms. The van der Waals surface area contributed by atoms with Gasteiger partial charge >= 0.3 is 69.9 Å². The van der Waals surface area contributed by atoms with E-state index >= 15 is 0 Å². The Labute approximate surface area is 97.7 Å². The van der Waals surface area contributed by atoms with E-state index in [0.29, 0.717) is 0 Å². The van der Waals surface area contributed by atoms with Gasteiger partial charge in [-0.15, -0.1) is 0 Å². The van der Waals surface area contributed by atoms with Gasteiger partial charge in [0.25, 0.3) is 0 Å². The third-order valence-corrected chi connectivity index (χ3v) is 3.17. The molecule has 0 aromatic heterocycles. The van der Waals surface area contributed by atoms with Crippen LogP contribution in [-0.2, 0) is 4.79 Å². The predicted octanol–water partition coefficient (Wildman–Crippen LogP) is 0.830. The van der Waals surface area contributed by atoms with Crippen molar-refractivity contribution in [3.8, 4) is 0 Å². The van der Waals surface area contributed by atoms with Gasteiger partial charge in [0.05, 0.1) is 5.97 Å². The second-order valence-corrected chi connectivity index (χ2v) is 4.83. The van der Waals surface area contributed by atoms with E-state index in [1.54, 1.807) is 48.6 Å². The van der Waals surface area contributed by atoms with Gasteiger partial charge in [0, 0.05) is 0 Å². The fourth-order valence-corrected chi connectivity index (χ4v) is 2.09. The molecule has 0 saturated heterocycles. The second kappa shape index (κ2) is 8.09. The van der Waals surface area contributed by atoms with Crippen molar-refractivity contribution >= 4 is 41.8 Å². The first-order valence-corrected chi connectivity index (χ1v) is 5.60. The first kappa shape index (κ1) is 12.5. The van der Waals surface area contributed by atoms with Crippen molar-refractivity contribution in [2.75, 3.05) is 0 Å². The van der Waals surface area contributed by atoms with Gasteiger partial charge in [-0.3, -0.25) is 0 Å². The SMILES string of the molecule is C=CC(=O)[O-].[Ca+][CH]1CCCCC1. The monoisotopic (exact) mass is 194 g/mol. The van der Waals surface area contributed by atoms with Crippen molar-refractivity contribution in [1.29, 1.82) is 0 Å². The molecular weight excluding hydrogens is 180 g/mol. The van der Waals surface area contributed by atoms with Crippen molar-refractivity contribution in [3.63, 3.8) is 0 Å². The molecule has 0 aromatic rings. The summed E-state index contributed by atoms with van der Waals surface area (Å²) < 4.78 is 1.16. The summed E-state index contributed by atoms with van der Waals surface area (Å²) in [7, 11) is 0. The molecule has 0 aliphatic heterocycles. The predicted molar refractivity (Wildman–Crippen MR) is 47.8 cm³/mol. The number of carboxylic acid groups (broad SMARTS) is 1. The average molecular weight is 194 g/mol. The number of rotatable bonds is 1. The van der Waals surface area contributed by atoms with Gasteiger partial charge in [0.15, 0.2) is 0 Å². The third kappa shape index (κ3) is 8.57. The third-order valence-electron chi connectivity index (χ3n) is 1.89. The maximum atomic E-state index is 9.14. The van der Waals surface area contributed by atoms with Crippen molar-refractivity contribution in [2.24, 2.45) is 0 Å². The molecule has 1 fully saturated rings. The van der Waals surface area contributed by atoms with Gasteiger partial charge in [0.1, 0.15) is 0 Å². The molecule has 0 heterocycles. The van der Waals surface area contributed by atoms with Crippen LogP contribution in [0.3, 0.4) is 0 Å². The minimum absolute atomic E-state index is 0.722. The summed E-state index contributed by atoms with van der Waals surface area (Å²) in [5, 5.41) is 9.14. The van der Waals surface area contributed by atoms with Crippen LogP contribution < -0.4 is 5.11 Å². The summed E-state index contributed by atoms with van der Waals surface area (Å²) in [5.74, 6) is -1.23. The van der Waals surface area contributed by atoms with Crippen LogP contribution in [0.4, 0.5) is 0 Å². The van der Waals surface area contributed by atoms with Crippen LogP contribution in [0.25, 0.3) is 0 Å². The van der Waals surface area contributed by atoms with Crippen LogP contribution in [0.5, 0.6) is 0 Å². The maximum absolute atomic E-state index is 9.14. The van der Waals surface area contributed by atoms with Crippen LogP contribution in [0.2, 0.25) is 2.01 Å². The summed E-state index contributed by atoms with van der Waals surface area (Å²) in [6.45, 7) is 2.90. The van der Waals surface area contributed by atoms with Gasteiger partial charge in [-0.05, 0) is 6.08 Å². The zero-order chi connectivity index (χ0) is 9.40. The Morgan fingerprint density at radius 3 is 2.00 bits per heavy atom. The van der Waals surface area contributed by atoms with Crippen LogP contribution in [0.15, 0.2) is 12.7 Å². The number of carboxylic acids is 1. The molecule has 1 aliphatic rings. The molecule has 1 aliphatic carbocycles. The van der Waals surface area contributed by atoms with Gasteiger partial charge in [-0.25, -0.2) is 0 Å². The number of hydrogen-bond donors (Lipinski definition) is 0. The van der Waals surface area contributed by atoms with Crippen molar-refractivity contribution in [2.45, 2.75) is 34.1 Å². The van der Waals surface area contributed by atoms with Crippen molar-refractivity contribution in [1.82, 2.24) is 0 Å². The molecule has 12 heavy (non-hydrogen) atoms. The summed E-state index contributed by atoms with van der Waals surface area (Å²) in [6, 6.07) is 0. The summed E-state index contributed by atoms with van der Waals surface area (Å²) in [6.07, 6.45) is 8.35. The molecule has 0 amide bonds. The molecule has 64 valence electrons. The summed E-state index contributed by atoms with van der Waals surface area (Å²) in [4.78, 5) is 9.14. The molecule has 0 radical (unpaired) electrons. The van der Waals surface area contributed by atoms with E-state index in [9.17, 15) is 0 Å². The van der Waals surface area contributed by atoms with Gasteiger partial charge in [0.2, 0.25) is 0 Å². The van der Waals surface area contributed by atoms with E-state index in [0.717, 1.165) is 8.09 Å². The number of hydrogen-bond acceptors (Lipinski definition) is 2. The zero-order valence-corrected chi connectivity index (χ0v) is 9.63. The Balaban J connectivity index is 0.000000217. The fraction of sp³-hybridized carbons (Fsp3) is 0.667. The average Bonchev–Trinajstić information content (AvgIpc) is 2.07. The quantitative estimate of drug-likeness (QED) is 0.458. The molecule has 0 N–H and O–H groups in total. The topological polar surface area (TPSA) is 40.1 Å². The summed E-state index contributed by atoms with van der Waals surface area (Å²) >= 11 is 1.54. The first-order valence-electron chi connectivity index (χ1n) is 4.33. The first-order chi connectivity index (χ1) is 5.66. The van der Waals surface area contributed by atoms with E-state index in [-0.39, 0.29) is 0 Å². The van der Waals surface area contributed by atoms with Crippen LogP contribution in [0.1, 0.15) is 32.1 Å². The van der Waals surface area contributed by atoms with E-state index < -0.39 is 5.97 Å². The van der Waals surface area contributed by atoms with Crippen LogP contribution in [0, 0.1) is 0 Å². The molecule has 1 rings (SSSR count). The Kier molecular flexibility index (Phi) is 8.40. The molecule has 0 unspecified atom stereocenters. The molecule has 1 saturated carbocycles. The normalized spacial score (nSPS) is 17.5. The Bertz CT molecular complexity index is 139. The van der Waals surface area contributed by atoms with Gasteiger partial charge in [-0.1, -0.05) is 6.58 Å². The zero-order valence-electron chi connectivity index (χ0n) is 7.42. The second-order valence-electron chi connectivity index (χ2n) is 3.03. The Morgan fingerprint density at radius 1 is 1.42 bits per heavy atom. The van der Waals surface area contributed by atoms with Gasteiger partial charge in [-0.2, -0.15) is 0 Å². The number of aliphatic carboxylic acids is 1. The van der Waals surface area contributed by atoms with Crippen LogP contribution in [-0.4, -0.2) is 41.8 Å². The molecule has 2 nitrogen and oxygen atoms in total. The number of carbonyl (C=O) groups excluding carboxylic acids is 1. The van der Waals surface area contributed by atoms with E-state index in [4.69, 9.17) is 9.90 Å². The van der Waals surface area contributed by atoms with Crippen LogP contribution >= 0.6 is 0 Å². The van der Waals surface area contributed by atoms with Crippen molar-refractivity contribution < 1.29 is 9.90 Å². The minimum atomic E-state index is -1.23. The van der Waals surface area contributed by atoms with E-state index in [1.807, 2.05) is 0 Å². The Morgan fingerprint density at radius 2 is 1.83 bits per heavy atom. The molecule has 0 atom stereocenters. The summed E-state index contributed by atoms with van der Waals surface area (Å²) in [5.41, 5.74) is 0. The Hall–Kier alpha value is 0.470. The molecule has 0 bridgehead atoms. The van der Waals surface area contributed by atoms with Gasteiger partial charge < -0.3 is 9.90 Å². The molecule has 3 heteroatoms. The van der Waals surface area contributed by atoms with E-state index in [2.05, 4.69) is 6.58 Å². The molecule has 0 aromatic carbocycles. The fourth-order valence-electron chi connectivity index (χ4n) is 1.19.